The number of nitro groups is 1. The molecule has 2 saturated heterocycles. The highest BCUT2D eigenvalue weighted by atomic mass is 16.6. The van der Waals surface area contributed by atoms with Gasteiger partial charge in [-0.25, -0.2) is 5.01 Å². The van der Waals surface area contributed by atoms with E-state index in [1.165, 1.54) is 21.6 Å². The van der Waals surface area contributed by atoms with Crippen molar-refractivity contribution in [2.24, 2.45) is 11.0 Å². The van der Waals surface area contributed by atoms with Crippen LogP contribution in [0.15, 0.2) is 65.4 Å². The lowest BCUT2D eigenvalue weighted by molar-refractivity contribution is -0.385. The summed E-state index contributed by atoms with van der Waals surface area (Å²) in [6, 6.07) is 16.4. The van der Waals surface area contributed by atoms with E-state index in [1.807, 2.05) is 6.92 Å². The summed E-state index contributed by atoms with van der Waals surface area (Å²) in [5, 5.41) is 22.7. The molecule has 7 rings (SSSR count). The van der Waals surface area contributed by atoms with Crippen molar-refractivity contribution in [2.45, 2.75) is 38.8 Å². The molecule has 0 radical (unpaired) electrons. The summed E-state index contributed by atoms with van der Waals surface area (Å²) in [6.45, 7) is 8.53. The van der Waals surface area contributed by atoms with Crippen molar-refractivity contribution in [3.63, 3.8) is 0 Å². The zero-order valence-electron chi connectivity index (χ0n) is 26.1. The first-order chi connectivity index (χ1) is 22.5. The molecule has 4 aliphatic rings. The molecular formula is C34H39N7O5. The van der Waals surface area contributed by atoms with E-state index in [0.717, 1.165) is 86.8 Å². The van der Waals surface area contributed by atoms with E-state index in [2.05, 4.69) is 69.5 Å². The van der Waals surface area contributed by atoms with Crippen LogP contribution in [-0.4, -0.2) is 83.9 Å². The number of nitrogens with zero attached hydrogens (tertiary/aromatic N) is 7. The highest BCUT2D eigenvalue weighted by molar-refractivity contribution is 6.09. The second-order valence-corrected chi connectivity index (χ2v) is 12.1. The molecule has 12 nitrogen and oxygen atoms in total. The predicted molar refractivity (Wildman–Crippen MR) is 175 cm³/mol. The zero-order valence-corrected chi connectivity index (χ0v) is 26.1. The van der Waals surface area contributed by atoms with E-state index in [1.54, 1.807) is 0 Å². The number of benzene rings is 2. The third kappa shape index (κ3) is 5.90. The molecule has 0 bridgehead atoms. The number of hydrazone groups is 1. The molecule has 12 heteroatoms. The van der Waals surface area contributed by atoms with Gasteiger partial charge in [0.25, 0.3) is 0 Å². The molecule has 1 saturated carbocycles. The fraction of sp³-hybridized carbons (Fsp3) is 0.441. The average molecular weight is 626 g/mol. The van der Waals surface area contributed by atoms with Gasteiger partial charge in [-0.2, -0.15) is 10.2 Å². The maximum Gasteiger partial charge on any atom is 0.320 e. The largest absolute Gasteiger partial charge is 0.378 e. The number of carbonyl (C=O) groups is 1. The van der Waals surface area contributed by atoms with Crippen LogP contribution in [-0.2, 0) is 16.0 Å². The molecule has 2 aromatic carbocycles. The van der Waals surface area contributed by atoms with Gasteiger partial charge < -0.3 is 19.3 Å². The summed E-state index contributed by atoms with van der Waals surface area (Å²) in [5.74, 6) is -0.601. The van der Waals surface area contributed by atoms with Gasteiger partial charge in [-0.05, 0) is 73.2 Å². The fourth-order valence-electron chi connectivity index (χ4n) is 6.98. The summed E-state index contributed by atoms with van der Waals surface area (Å²) in [4.78, 5) is 30.2. The van der Waals surface area contributed by atoms with E-state index in [9.17, 15) is 14.9 Å². The molecule has 3 aromatic rings. The number of ether oxygens (including phenoxy) is 2. The second-order valence-electron chi connectivity index (χ2n) is 12.1. The van der Waals surface area contributed by atoms with E-state index >= 15 is 0 Å². The quantitative estimate of drug-likeness (QED) is 0.268. The molecular weight excluding hydrogens is 586 g/mol. The highest BCUT2D eigenvalue weighted by Gasteiger charge is 2.46. The Bertz CT molecular complexity index is 1640. The topological polar surface area (TPSA) is 119 Å². The molecule has 1 aromatic heterocycles. The Morgan fingerprint density at radius 2 is 1.57 bits per heavy atom. The molecule has 1 aliphatic carbocycles. The van der Waals surface area contributed by atoms with E-state index in [0.29, 0.717) is 19.8 Å². The number of hydrogen-bond donors (Lipinski definition) is 0. The Hall–Kier alpha value is -4.55. The van der Waals surface area contributed by atoms with Crippen molar-refractivity contribution in [2.75, 3.05) is 62.4 Å². The Morgan fingerprint density at radius 3 is 2.15 bits per heavy atom. The molecule has 1 amide bonds. The first kappa shape index (κ1) is 30.1. The average Bonchev–Trinajstić information content (AvgIpc) is 3.73. The highest BCUT2D eigenvalue weighted by Crippen LogP contribution is 2.45. The number of carbonyl (C=O) groups excluding carboxylic acids is 1. The van der Waals surface area contributed by atoms with Crippen LogP contribution in [0.25, 0.3) is 6.08 Å². The minimum Gasteiger partial charge on any atom is -0.378 e. The van der Waals surface area contributed by atoms with E-state index in [-0.39, 0.29) is 17.3 Å². The van der Waals surface area contributed by atoms with Crippen molar-refractivity contribution in [1.82, 2.24) is 14.8 Å². The van der Waals surface area contributed by atoms with Crippen LogP contribution in [0.2, 0.25) is 0 Å². The van der Waals surface area contributed by atoms with E-state index in [4.69, 9.17) is 14.6 Å². The maximum absolute atomic E-state index is 14.2. The number of rotatable bonds is 7. The Balaban J connectivity index is 1.23. The second kappa shape index (κ2) is 13.1. The van der Waals surface area contributed by atoms with Crippen LogP contribution in [0, 0.1) is 16.0 Å². The molecule has 46 heavy (non-hydrogen) atoms. The van der Waals surface area contributed by atoms with Crippen molar-refractivity contribution >= 4 is 34.8 Å². The van der Waals surface area contributed by atoms with Crippen LogP contribution in [0.4, 0.5) is 17.1 Å². The van der Waals surface area contributed by atoms with Crippen molar-refractivity contribution < 1.29 is 19.2 Å². The van der Waals surface area contributed by atoms with Gasteiger partial charge >= 0.3 is 11.6 Å². The lowest BCUT2D eigenvalue weighted by atomic mass is 9.77. The van der Waals surface area contributed by atoms with Crippen LogP contribution >= 0.6 is 0 Å². The van der Waals surface area contributed by atoms with Gasteiger partial charge in [0, 0.05) is 50.0 Å². The Labute approximate surface area is 268 Å². The van der Waals surface area contributed by atoms with Crippen LogP contribution in [0.1, 0.15) is 53.8 Å². The van der Waals surface area contributed by atoms with Crippen LogP contribution in [0.5, 0.6) is 0 Å². The summed E-state index contributed by atoms with van der Waals surface area (Å²) in [6.07, 6.45) is 6.15. The van der Waals surface area contributed by atoms with Gasteiger partial charge in [0.05, 0.1) is 43.1 Å². The first-order valence-electron chi connectivity index (χ1n) is 16.2. The molecule has 4 heterocycles. The van der Waals surface area contributed by atoms with Crippen molar-refractivity contribution in [1.29, 1.82) is 0 Å². The normalized spacial score (nSPS) is 22.6. The molecule has 3 aliphatic heterocycles. The number of hydrogen-bond acceptors (Lipinski definition) is 9. The number of aryl methyl sites for hydroxylation is 1. The monoisotopic (exact) mass is 625 g/mol. The van der Waals surface area contributed by atoms with Gasteiger partial charge in [0.15, 0.2) is 0 Å². The smallest absolute Gasteiger partial charge is 0.320 e. The third-order valence-electron chi connectivity index (χ3n) is 9.40. The van der Waals surface area contributed by atoms with Gasteiger partial charge in [0.1, 0.15) is 6.20 Å². The lowest BCUT2D eigenvalue weighted by Crippen LogP contribution is -2.36. The zero-order chi connectivity index (χ0) is 31.6. The van der Waals surface area contributed by atoms with Gasteiger partial charge in [-0.15, -0.1) is 0 Å². The van der Waals surface area contributed by atoms with Crippen molar-refractivity contribution in [3.05, 3.63) is 87.2 Å². The number of anilines is 2. The number of aromatic nitrogens is 2. The molecule has 0 N–H and O–H groups in total. The summed E-state index contributed by atoms with van der Waals surface area (Å²) in [5.41, 5.74) is 5.77. The SMILES string of the molecule is CCn1cc([N+](=O)[O-])c(C(=O)N2N=C3/C(=C\c4ccc(N5CCOCC5)cc4)CCC[C@@H]3[C@H]2c2ccc(N3CCOCC3)cc2)n1. The van der Waals surface area contributed by atoms with Gasteiger partial charge in [0.2, 0.25) is 5.69 Å². The van der Waals surface area contributed by atoms with Gasteiger partial charge in [-0.3, -0.25) is 19.6 Å². The number of amides is 1. The predicted octanol–water partition coefficient (Wildman–Crippen LogP) is 4.92. The number of morpholine rings is 2. The maximum atomic E-state index is 14.2. The summed E-state index contributed by atoms with van der Waals surface area (Å²) in [7, 11) is 0. The van der Waals surface area contributed by atoms with Gasteiger partial charge in [-0.1, -0.05) is 24.3 Å². The summed E-state index contributed by atoms with van der Waals surface area (Å²) >= 11 is 0. The first-order valence-corrected chi connectivity index (χ1v) is 16.2. The molecule has 0 spiro atoms. The molecule has 240 valence electrons. The third-order valence-corrected chi connectivity index (χ3v) is 9.40. The fourth-order valence-corrected chi connectivity index (χ4v) is 6.98. The molecule has 3 fully saturated rings. The minimum absolute atomic E-state index is 0.0434. The molecule has 0 unspecified atom stereocenters. The number of fused-ring (bicyclic) bond motifs is 1. The van der Waals surface area contributed by atoms with Crippen LogP contribution < -0.4 is 9.80 Å². The molecule has 2 atom stereocenters. The minimum atomic E-state index is -0.558. The number of allylic oxidation sites excluding steroid dienone is 1. The lowest BCUT2D eigenvalue weighted by Gasteiger charge is -2.31. The standard InChI is InChI=1S/C34H39N7O5/c1-2-39-23-30(41(43)44)32(35-39)34(42)40-33(25-8-12-28(13-9-25)38-16-20-46-21-17-38)29-5-3-4-26(31(29)36-40)22-24-6-10-27(11-7-24)37-14-18-45-19-15-37/h6-13,22-23,29,33H,2-5,14-21H2,1H3/b26-22-/t29-,33+/m0/s1. The van der Waals surface area contributed by atoms with Crippen LogP contribution in [0.3, 0.4) is 0 Å². The Kier molecular flexibility index (Phi) is 8.55. The van der Waals surface area contributed by atoms with Crippen molar-refractivity contribution in [3.8, 4) is 0 Å². The Morgan fingerprint density at radius 1 is 0.957 bits per heavy atom. The van der Waals surface area contributed by atoms with E-state index < -0.39 is 16.9 Å². The summed E-state index contributed by atoms with van der Waals surface area (Å²) < 4.78 is 12.5.